The van der Waals surface area contributed by atoms with Crippen molar-refractivity contribution in [3.05, 3.63) is 27.7 Å². The first kappa shape index (κ1) is 17.6. The van der Waals surface area contributed by atoms with E-state index >= 15 is 0 Å². The van der Waals surface area contributed by atoms with E-state index in [2.05, 4.69) is 0 Å². The Morgan fingerprint density at radius 3 is 2.25 bits per heavy atom. The molecule has 4 nitrogen and oxygen atoms in total. The highest BCUT2D eigenvalue weighted by molar-refractivity contribution is 8.13. The topological polar surface area (TPSA) is 54.5 Å². The number of nitrogens with zero attached hydrogens (tertiary/aromatic N) is 1. The second kappa shape index (κ2) is 6.52. The van der Waals surface area contributed by atoms with Gasteiger partial charge >= 0.3 is 0 Å². The summed E-state index contributed by atoms with van der Waals surface area (Å²) in [5.41, 5.74) is 0.0222. The Balaban J connectivity index is 3.45. The van der Waals surface area contributed by atoms with Crippen molar-refractivity contribution in [2.75, 3.05) is 6.54 Å². The first-order valence-electron chi connectivity index (χ1n) is 5.84. The van der Waals surface area contributed by atoms with Gasteiger partial charge in [0.25, 0.3) is 15.0 Å². The molecule has 0 fully saturated rings. The lowest BCUT2D eigenvalue weighted by molar-refractivity contribution is 0.0717. The molecule has 0 aliphatic heterocycles. The molecule has 0 saturated carbocycles. The predicted octanol–water partition coefficient (Wildman–Crippen LogP) is 3.79. The van der Waals surface area contributed by atoms with Crippen LogP contribution in [0.15, 0.2) is 17.0 Å². The summed E-state index contributed by atoms with van der Waals surface area (Å²) in [6.45, 7) is 5.97. The van der Waals surface area contributed by atoms with Crippen molar-refractivity contribution in [1.29, 1.82) is 0 Å². The summed E-state index contributed by atoms with van der Waals surface area (Å²) in [6, 6.07) is 2.21. The van der Waals surface area contributed by atoms with Gasteiger partial charge in [-0.25, -0.2) is 8.42 Å². The number of carbonyl (C=O) groups excluding carboxylic acids is 1. The lowest BCUT2D eigenvalue weighted by Crippen LogP contribution is -2.36. The molecule has 1 aromatic rings. The highest BCUT2D eigenvalue weighted by Gasteiger charge is 2.24. The molecule has 1 rings (SSSR count). The lowest BCUT2D eigenvalue weighted by Gasteiger charge is -2.25. The van der Waals surface area contributed by atoms with Crippen LogP contribution in [0.4, 0.5) is 0 Å². The van der Waals surface area contributed by atoms with Crippen molar-refractivity contribution in [2.24, 2.45) is 0 Å². The molecule has 1 aromatic carbocycles. The summed E-state index contributed by atoms with van der Waals surface area (Å²) in [7, 11) is 1.29. The Hall–Kier alpha value is -0.490. The van der Waals surface area contributed by atoms with Gasteiger partial charge in [-0.2, -0.15) is 0 Å². The number of rotatable bonds is 4. The maximum atomic E-state index is 12.4. The molecule has 112 valence electrons. The quantitative estimate of drug-likeness (QED) is 0.769. The largest absolute Gasteiger partial charge is 0.336 e. The molecule has 0 aromatic heterocycles. The van der Waals surface area contributed by atoms with Crippen LogP contribution >= 0.6 is 33.9 Å². The van der Waals surface area contributed by atoms with E-state index in [1.165, 1.54) is 0 Å². The van der Waals surface area contributed by atoms with E-state index in [9.17, 15) is 13.2 Å². The third-order valence-corrected chi connectivity index (χ3v) is 4.87. The highest BCUT2D eigenvalue weighted by atomic mass is 35.7. The summed E-state index contributed by atoms with van der Waals surface area (Å²) in [6.07, 6.45) is 0. The van der Waals surface area contributed by atoms with Gasteiger partial charge in [0.15, 0.2) is 0 Å². The Morgan fingerprint density at radius 1 is 1.30 bits per heavy atom. The van der Waals surface area contributed by atoms with Gasteiger partial charge in [0.05, 0.1) is 20.5 Å². The zero-order chi connectivity index (χ0) is 15.7. The van der Waals surface area contributed by atoms with Gasteiger partial charge < -0.3 is 4.90 Å². The molecule has 1 amide bonds. The summed E-state index contributed by atoms with van der Waals surface area (Å²) in [5, 5.41) is -0.0172. The van der Waals surface area contributed by atoms with E-state index in [0.29, 0.717) is 6.54 Å². The van der Waals surface area contributed by atoms with Crippen molar-refractivity contribution >= 4 is 48.8 Å². The fraction of sp³-hybridized carbons (Fsp3) is 0.417. The minimum Gasteiger partial charge on any atom is -0.336 e. The number of hydrogen-bond acceptors (Lipinski definition) is 3. The lowest BCUT2D eigenvalue weighted by atomic mass is 10.1. The zero-order valence-electron chi connectivity index (χ0n) is 11.2. The first-order chi connectivity index (χ1) is 9.09. The monoisotopic (exact) mass is 357 g/mol. The second-order valence-electron chi connectivity index (χ2n) is 4.39. The zero-order valence-corrected chi connectivity index (χ0v) is 14.2. The SMILES string of the molecule is CCN(C(=O)c1cc(S(=O)(=O)Cl)cc(Cl)c1Cl)C(C)C. The number of benzene rings is 1. The molecule has 0 heterocycles. The molecule has 0 unspecified atom stereocenters. The third kappa shape index (κ3) is 3.79. The number of carbonyl (C=O) groups is 1. The standard InChI is InChI=1S/C12H14Cl3NO3S/c1-4-16(7(2)3)12(17)9-5-8(20(15,18)19)6-10(13)11(9)14/h5-7H,4H2,1-3H3. The fourth-order valence-electron chi connectivity index (χ4n) is 1.76. The summed E-state index contributed by atoms with van der Waals surface area (Å²) in [5.74, 6) is -0.392. The molecule has 0 atom stereocenters. The molecular formula is C12H14Cl3NO3S. The van der Waals surface area contributed by atoms with Gasteiger partial charge in [0.1, 0.15) is 0 Å². The van der Waals surface area contributed by atoms with E-state index < -0.39 is 15.0 Å². The van der Waals surface area contributed by atoms with Gasteiger partial charge in [0, 0.05) is 23.3 Å². The smallest absolute Gasteiger partial charge is 0.261 e. The van der Waals surface area contributed by atoms with Crippen molar-refractivity contribution in [3.63, 3.8) is 0 Å². The summed E-state index contributed by atoms with van der Waals surface area (Å²) < 4.78 is 22.8. The third-order valence-electron chi connectivity index (χ3n) is 2.74. The Labute approximate surface area is 133 Å². The maximum Gasteiger partial charge on any atom is 0.261 e. The summed E-state index contributed by atoms with van der Waals surface area (Å²) in [4.78, 5) is 13.7. The van der Waals surface area contributed by atoms with Crippen LogP contribution in [0, 0.1) is 0 Å². The van der Waals surface area contributed by atoms with Crippen LogP contribution < -0.4 is 0 Å². The maximum absolute atomic E-state index is 12.4. The van der Waals surface area contributed by atoms with E-state index in [0.717, 1.165) is 12.1 Å². The Bertz CT molecular complexity index is 629. The molecule has 0 spiro atoms. The average molecular weight is 359 g/mol. The van der Waals surface area contributed by atoms with Crippen molar-refractivity contribution in [1.82, 2.24) is 4.90 Å². The molecule has 0 aliphatic rings. The van der Waals surface area contributed by atoms with Crippen LogP contribution in [0.5, 0.6) is 0 Å². The molecule has 0 radical (unpaired) electrons. The number of halogens is 3. The minimum atomic E-state index is -3.99. The molecule has 20 heavy (non-hydrogen) atoms. The minimum absolute atomic E-state index is 0.0137. The molecule has 0 saturated heterocycles. The fourth-order valence-corrected chi connectivity index (χ4v) is 3.02. The normalized spacial score (nSPS) is 11.8. The Morgan fingerprint density at radius 2 is 1.85 bits per heavy atom. The molecule has 0 bridgehead atoms. The van der Waals surface area contributed by atoms with Crippen LogP contribution in [-0.2, 0) is 9.05 Å². The van der Waals surface area contributed by atoms with Crippen molar-refractivity contribution in [3.8, 4) is 0 Å². The molecular weight excluding hydrogens is 345 g/mol. The summed E-state index contributed by atoms with van der Waals surface area (Å²) >= 11 is 11.9. The second-order valence-corrected chi connectivity index (χ2v) is 7.74. The molecule has 0 aliphatic carbocycles. The van der Waals surface area contributed by atoms with Gasteiger partial charge in [-0.3, -0.25) is 4.79 Å². The highest BCUT2D eigenvalue weighted by Crippen LogP contribution is 2.31. The molecule has 0 N–H and O–H groups in total. The van der Waals surface area contributed by atoms with E-state index in [4.69, 9.17) is 33.9 Å². The average Bonchev–Trinajstić information content (AvgIpc) is 2.31. The van der Waals surface area contributed by atoms with Gasteiger partial charge in [-0.15, -0.1) is 0 Å². The van der Waals surface area contributed by atoms with Crippen LogP contribution in [0.2, 0.25) is 10.0 Å². The molecule has 8 heteroatoms. The van der Waals surface area contributed by atoms with Crippen LogP contribution in [0.3, 0.4) is 0 Å². The van der Waals surface area contributed by atoms with Gasteiger partial charge in [-0.1, -0.05) is 23.2 Å². The first-order valence-corrected chi connectivity index (χ1v) is 8.90. The van der Waals surface area contributed by atoms with Crippen LogP contribution in [-0.4, -0.2) is 31.8 Å². The van der Waals surface area contributed by atoms with Gasteiger partial charge in [0.2, 0.25) is 0 Å². The van der Waals surface area contributed by atoms with Crippen molar-refractivity contribution in [2.45, 2.75) is 31.7 Å². The van der Waals surface area contributed by atoms with Gasteiger partial charge in [-0.05, 0) is 32.9 Å². The van der Waals surface area contributed by atoms with Crippen molar-refractivity contribution < 1.29 is 13.2 Å². The Kier molecular flexibility index (Phi) is 5.72. The van der Waals surface area contributed by atoms with Crippen LogP contribution in [0.25, 0.3) is 0 Å². The van der Waals surface area contributed by atoms with E-state index in [1.807, 2.05) is 20.8 Å². The number of hydrogen-bond donors (Lipinski definition) is 0. The predicted molar refractivity (Wildman–Crippen MR) is 81.3 cm³/mol. The van der Waals surface area contributed by atoms with E-state index in [-0.39, 0.29) is 26.5 Å². The number of amides is 1. The van der Waals surface area contributed by atoms with Crippen LogP contribution in [0.1, 0.15) is 31.1 Å². The van der Waals surface area contributed by atoms with E-state index in [1.54, 1.807) is 4.90 Å².